The third-order valence-corrected chi connectivity index (χ3v) is 4.07. The van der Waals surface area contributed by atoms with Gasteiger partial charge in [0.2, 0.25) is 5.91 Å². The first-order valence-corrected chi connectivity index (χ1v) is 7.40. The Morgan fingerprint density at radius 1 is 1.22 bits per heavy atom. The standard InChI is InChI=1S/C14H26N2O2/c1-2-7-16-8-3-13(4-9-16)15-14(17)12-5-10-18-11-6-12/h12-13H,2-11H2,1H3,(H,15,17). The molecule has 0 atom stereocenters. The molecule has 1 N–H and O–H groups in total. The SMILES string of the molecule is CCCN1CCC(NC(=O)C2CCOCC2)CC1. The Morgan fingerprint density at radius 2 is 1.89 bits per heavy atom. The van der Waals surface area contributed by atoms with Crippen molar-refractivity contribution in [3.8, 4) is 0 Å². The molecule has 104 valence electrons. The molecule has 0 saturated carbocycles. The van der Waals surface area contributed by atoms with Gasteiger partial charge in [0.1, 0.15) is 0 Å². The highest BCUT2D eigenvalue weighted by Gasteiger charge is 2.25. The summed E-state index contributed by atoms with van der Waals surface area (Å²) in [4.78, 5) is 14.6. The van der Waals surface area contributed by atoms with Crippen LogP contribution in [-0.2, 0) is 9.53 Å². The van der Waals surface area contributed by atoms with Gasteiger partial charge in [0.25, 0.3) is 0 Å². The minimum Gasteiger partial charge on any atom is -0.381 e. The fourth-order valence-corrected chi connectivity index (χ4v) is 2.90. The van der Waals surface area contributed by atoms with Gasteiger partial charge in [-0.2, -0.15) is 0 Å². The molecule has 0 spiro atoms. The summed E-state index contributed by atoms with van der Waals surface area (Å²) in [6, 6.07) is 0.397. The molecule has 0 bridgehead atoms. The van der Waals surface area contributed by atoms with Crippen molar-refractivity contribution in [1.82, 2.24) is 10.2 Å². The number of hydrogen-bond donors (Lipinski definition) is 1. The van der Waals surface area contributed by atoms with Gasteiger partial charge in [-0.05, 0) is 38.6 Å². The fraction of sp³-hybridized carbons (Fsp3) is 0.929. The van der Waals surface area contributed by atoms with E-state index in [9.17, 15) is 4.79 Å². The lowest BCUT2D eigenvalue weighted by atomic mass is 9.97. The number of carbonyl (C=O) groups is 1. The molecule has 2 heterocycles. The van der Waals surface area contributed by atoms with E-state index in [4.69, 9.17) is 4.74 Å². The normalized spacial score (nSPS) is 24.1. The first-order valence-electron chi connectivity index (χ1n) is 7.40. The van der Waals surface area contributed by atoms with Crippen LogP contribution in [0.25, 0.3) is 0 Å². The molecule has 0 aliphatic carbocycles. The van der Waals surface area contributed by atoms with E-state index in [0.29, 0.717) is 6.04 Å². The van der Waals surface area contributed by atoms with Crippen LogP contribution in [0.1, 0.15) is 39.0 Å². The van der Waals surface area contributed by atoms with Crippen LogP contribution >= 0.6 is 0 Å². The van der Waals surface area contributed by atoms with E-state index in [1.807, 2.05) is 0 Å². The van der Waals surface area contributed by atoms with Crippen molar-refractivity contribution in [3.05, 3.63) is 0 Å². The number of hydrogen-bond acceptors (Lipinski definition) is 3. The maximum absolute atomic E-state index is 12.1. The Hall–Kier alpha value is -0.610. The van der Waals surface area contributed by atoms with Crippen molar-refractivity contribution in [2.24, 2.45) is 5.92 Å². The molecular formula is C14H26N2O2. The summed E-state index contributed by atoms with van der Waals surface area (Å²) in [5.74, 6) is 0.444. The number of nitrogens with one attached hydrogen (secondary N) is 1. The number of ether oxygens (including phenoxy) is 1. The van der Waals surface area contributed by atoms with Gasteiger partial charge in [0.15, 0.2) is 0 Å². The van der Waals surface area contributed by atoms with Crippen LogP contribution in [0.5, 0.6) is 0 Å². The second-order valence-corrected chi connectivity index (χ2v) is 5.51. The zero-order valence-electron chi connectivity index (χ0n) is 11.5. The topological polar surface area (TPSA) is 41.6 Å². The molecule has 2 fully saturated rings. The molecule has 0 aromatic heterocycles. The van der Waals surface area contributed by atoms with Gasteiger partial charge in [-0.3, -0.25) is 4.79 Å². The van der Waals surface area contributed by atoms with Crippen molar-refractivity contribution in [1.29, 1.82) is 0 Å². The number of likely N-dealkylation sites (tertiary alicyclic amines) is 1. The second kappa shape index (κ2) is 7.10. The van der Waals surface area contributed by atoms with Crippen molar-refractivity contribution in [2.75, 3.05) is 32.8 Å². The first kappa shape index (κ1) is 13.8. The fourth-order valence-electron chi connectivity index (χ4n) is 2.90. The molecule has 4 heteroatoms. The van der Waals surface area contributed by atoms with Gasteiger partial charge in [-0.1, -0.05) is 6.92 Å². The van der Waals surface area contributed by atoms with Crippen molar-refractivity contribution in [3.63, 3.8) is 0 Å². The van der Waals surface area contributed by atoms with Gasteiger partial charge in [-0.25, -0.2) is 0 Å². The third kappa shape index (κ3) is 3.95. The monoisotopic (exact) mass is 254 g/mol. The number of carbonyl (C=O) groups excluding carboxylic acids is 1. The molecule has 0 aromatic rings. The highest BCUT2D eigenvalue weighted by Crippen LogP contribution is 2.17. The first-order chi connectivity index (χ1) is 8.79. The summed E-state index contributed by atoms with van der Waals surface area (Å²) in [7, 11) is 0. The van der Waals surface area contributed by atoms with E-state index in [0.717, 1.165) is 52.0 Å². The minimum absolute atomic E-state index is 0.187. The highest BCUT2D eigenvalue weighted by molar-refractivity contribution is 5.79. The summed E-state index contributed by atoms with van der Waals surface area (Å²) >= 11 is 0. The molecule has 0 radical (unpaired) electrons. The summed E-state index contributed by atoms with van der Waals surface area (Å²) in [6.45, 7) is 7.17. The Balaban J connectivity index is 1.68. The van der Waals surface area contributed by atoms with E-state index >= 15 is 0 Å². The Labute approximate surface area is 110 Å². The number of amides is 1. The largest absolute Gasteiger partial charge is 0.381 e. The van der Waals surface area contributed by atoms with Crippen LogP contribution < -0.4 is 5.32 Å². The average Bonchev–Trinajstić information content (AvgIpc) is 2.42. The molecule has 0 unspecified atom stereocenters. The Morgan fingerprint density at radius 3 is 2.50 bits per heavy atom. The summed E-state index contributed by atoms with van der Waals surface area (Å²) < 4.78 is 5.29. The molecule has 0 aromatic carbocycles. The molecular weight excluding hydrogens is 228 g/mol. The third-order valence-electron chi connectivity index (χ3n) is 4.07. The molecule has 2 aliphatic heterocycles. The van der Waals surface area contributed by atoms with Crippen LogP contribution in [0.3, 0.4) is 0 Å². The molecule has 2 aliphatic rings. The van der Waals surface area contributed by atoms with Crippen LogP contribution in [0, 0.1) is 5.92 Å². The van der Waals surface area contributed by atoms with Crippen LogP contribution in [0.4, 0.5) is 0 Å². The lowest BCUT2D eigenvalue weighted by molar-refractivity contribution is -0.128. The van der Waals surface area contributed by atoms with Gasteiger partial charge in [-0.15, -0.1) is 0 Å². The van der Waals surface area contributed by atoms with Crippen LogP contribution in [0.15, 0.2) is 0 Å². The van der Waals surface area contributed by atoms with Gasteiger partial charge < -0.3 is 15.0 Å². The maximum atomic E-state index is 12.1. The zero-order chi connectivity index (χ0) is 12.8. The van der Waals surface area contributed by atoms with Crippen molar-refractivity contribution >= 4 is 5.91 Å². The average molecular weight is 254 g/mol. The smallest absolute Gasteiger partial charge is 0.223 e. The van der Waals surface area contributed by atoms with E-state index in [2.05, 4.69) is 17.1 Å². The molecule has 18 heavy (non-hydrogen) atoms. The van der Waals surface area contributed by atoms with Gasteiger partial charge in [0, 0.05) is 38.3 Å². The second-order valence-electron chi connectivity index (χ2n) is 5.51. The van der Waals surface area contributed by atoms with Crippen molar-refractivity contribution in [2.45, 2.75) is 45.1 Å². The lowest BCUT2D eigenvalue weighted by Crippen LogP contribution is -2.47. The number of nitrogens with zero attached hydrogens (tertiary/aromatic N) is 1. The Kier molecular flexibility index (Phi) is 5.45. The maximum Gasteiger partial charge on any atom is 0.223 e. The van der Waals surface area contributed by atoms with E-state index in [-0.39, 0.29) is 11.8 Å². The number of rotatable bonds is 4. The predicted molar refractivity (Wildman–Crippen MR) is 71.4 cm³/mol. The highest BCUT2D eigenvalue weighted by atomic mass is 16.5. The van der Waals surface area contributed by atoms with Gasteiger partial charge >= 0.3 is 0 Å². The molecule has 4 nitrogen and oxygen atoms in total. The Bertz CT molecular complexity index is 257. The van der Waals surface area contributed by atoms with Crippen molar-refractivity contribution < 1.29 is 9.53 Å². The van der Waals surface area contributed by atoms with Gasteiger partial charge in [0.05, 0.1) is 0 Å². The van der Waals surface area contributed by atoms with Crippen LogP contribution in [-0.4, -0.2) is 49.7 Å². The molecule has 1 amide bonds. The summed E-state index contributed by atoms with van der Waals surface area (Å²) in [6.07, 6.45) is 5.21. The predicted octanol–water partition coefficient (Wildman–Crippen LogP) is 1.40. The lowest BCUT2D eigenvalue weighted by Gasteiger charge is -2.33. The van der Waals surface area contributed by atoms with E-state index < -0.39 is 0 Å². The minimum atomic E-state index is 0.187. The summed E-state index contributed by atoms with van der Waals surface area (Å²) in [5, 5.41) is 3.23. The molecule has 2 saturated heterocycles. The van der Waals surface area contributed by atoms with E-state index in [1.165, 1.54) is 13.0 Å². The summed E-state index contributed by atoms with van der Waals surface area (Å²) in [5.41, 5.74) is 0. The van der Waals surface area contributed by atoms with Crippen LogP contribution in [0.2, 0.25) is 0 Å². The zero-order valence-corrected chi connectivity index (χ0v) is 11.5. The van der Waals surface area contributed by atoms with E-state index in [1.54, 1.807) is 0 Å². The molecule has 2 rings (SSSR count). The number of piperidine rings is 1. The quantitative estimate of drug-likeness (QED) is 0.824.